The Morgan fingerprint density at radius 1 is 1.38 bits per heavy atom. The van der Waals surface area contributed by atoms with Crippen molar-refractivity contribution in [2.45, 2.75) is 31.3 Å². The summed E-state index contributed by atoms with van der Waals surface area (Å²) in [6.07, 6.45) is 8.16. The van der Waals surface area contributed by atoms with Gasteiger partial charge in [-0.3, -0.25) is 0 Å². The summed E-state index contributed by atoms with van der Waals surface area (Å²) >= 11 is 0. The number of rotatable bonds is 4. The molecule has 0 amide bonds. The average Bonchev–Trinajstić information content (AvgIpc) is 3.10. The zero-order chi connectivity index (χ0) is 14.9. The number of hydrogen-bond acceptors (Lipinski definition) is 2. The Labute approximate surface area is 127 Å². The molecule has 2 aliphatic heterocycles. The van der Waals surface area contributed by atoms with Gasteiger partial charge in [-0.15, -0.1) is 0 Å². The highest BCUT2D eigenvalue weighted by Gasteiger charge is 2.56. The minimum Gasteiger partial charge on any atom is -0.406 e. The molecule has 2 fully saturated rings. The van der Waals surface area contributed by atoms with E-state index in [1.165, 1.54) is 12.0 Å². The molecular formula is C18H22BNO. The van der Waals surface area contributed by atoms with Crippen molar-refractivity contribution < 1.29 is 4.65 Å². The summed E-state index contributed by atoms with van der Waals surface area (Å²) in [5.41, 5.74) is 1.89. The zero-order valence-electron chi connectivity index (χ0n) is 12.7. The first-order chi connectivity index (χ1) is 10.2. The van der Waals surface area contributed by atoms with Crippen LogP contribution in [0.5, 0.6) is 0 Å². The van der Waals surface area contributed by atoms with E-state index in [1.54, 1.807) is 0 Å². The minimum atomic E-state index is -0.423. The van der Waals surface area contributed by atoms with Crippen LogP contribution in [0.3, 0.4) is 0 Å². The van der Waals surface area contributed by atoms with Crippen LogP contribution in [-0.2, 0) is 10.3 Å². The molecule has 3 rings (SSSR count). The zero-order valence-corrected chi connectivity index (χ0v) is 12.7. The highest BCUT2D eigenvalue weighted by molar-refractivity contribution is 6.48. The van der Waals surface area contributed by atoms with Crippen molar-refractivity contribution >= 4 is 7.05 Å². The van der Waals surface area contributed by atoms with Crippen LogP contribution in [-0.4, -0.2) is 24.4 Å². The van der Waals surface area contributed by atoms with Gasteiger partial charge in [-0.05, 0) is 37.3 Å². The monoisotopic (exact) mass is 279 g/mol. The summed E-state index contributed by atoms with van der Waals surface area (Å²) in [4.78, 5) is 2.48. The van der Waals surface area contributed by atoms with Crippen molar-refractivity contribution in [3.05, 3.63) is 72.9 Å². The fraction of sp³-hybridized carbons (Fsp3) is 0.333. The van der Waals surface area contributed by atoms with E-state index >= 15 is 0 Å². The lowest BCUT2D eigenvalue weighted by atomic mass is 9.79. The first kappa shape index (κ1) is 14.4. The lowest BCUT2D eigenvalue weighted by molar-refractivity contribution is 0.105. The van der Waals surface area contributed by atoms with E-state index in [2.05, 4.69) is 49.1 Å². The highest BCUT2D eigenvalue weighted by Crippen LogP contribution is 2.49. The molecule has 2 atom stereocenters. The molecule has 0 saturated carbocycles. The van der Waals surface area contributed by atoms with Crippen LogP contribution in [0.15, 0.2) is 67.3 Å². The predicted octanol–water partition coefficient (Wildman–Crippen LogP) is 3.79. The quantitative estimate of drug-likeness (QED) is 0.614. The van der Waals surface area contributed by atoms with E-state index in [4.69, 9.17) is 4.65 Å². The highest BCUT2D eigenvalue weighted by atomic mass is 16.5. The molecular weight excluding hydrogens is 257 g/mol. The van der Waals surface area contributed by atoms with E-state index < -0.39 is 5.60 Å². The minimum absolute atomic E-state index is 0.130. The smallest absolute Gasteiger partial charge is 0.380 e. The Hall–Kier alpha value is -1.58. The maximum absolute atomic E-state index is 6.55. The molecule has 1 unspecified atom stereocenters. The molecule has 3 heteroatoms. The van der Waals surface area contributed by atoms with Gasteiger partial charge in [-0.2, -0.15) is 0 Å². The Kier molecular flexibility index (Phi) is 3.88. The van der Waals surface area contributed by atoms with Gasteiger partial charge < -0.3 is 9.47 Å². The summed E-state index contributed by atoms with van der Waals surface area (Å²) in [6.45, 7) is 11.1. The van der Waals surface area contributed by atoms with Gasteiger partial charge in [0.25, 0.3) is 0 Å². The molecule has 1 aromatic rings. The molecule has 0 N–H and O–H groups in total. The van der Waals surface area contributed by atoms with Crippen molar-refractivity contribution in [3.8, 4) is 0 Å². The summed E-state index contributed by atoms with van der Waals surface area (Å²) in [5.74, 6) is 0. The molecule has 2 aliphatic rings. The Bertz CT molecular complexity index is 568. The maximum atomic E-state index is 6.55. The molecule has 0 spiro atoms. The van der Waals surface area contributed by atoms with Gasteiger partial charge in [0, 0.05) is 6.04 Å². The normalized spacial score (nSPS) is 29.5. The average molecular weight is 279 g/mol. The predicted molar refractivity (Wildman–Crippen MR) is 89.0 cm³/mol. The van der Waals surface area contributed by atoms with Crippen molar-refractivity contribution in [3.63, 3.8) is 0 Å². The van der Waals surface area contributed by atoms with E-state index in [0.29, 0.717) is 6.04 Å². The summed E-state index contributed by atoms with van der Waals surface area (Å²) in [5, 5.41) is 0. The van der Waals surface area contributed by atoms with Crippen LogP contribution in [0.1, 0.15) is 18.4 Å². The van der Waals surface area contributed by atoms with Crippen molar-refractivity contribution in [2.24, 2.45) is 0 Å². The van der Waals surface area contributed by atoms with E-state index in [9.17, 15) is 0 Å². The molecule has 2 heterocycles. The fourth-order valence-electron chi connectivity index (χ4n) is 3.92. The van der Waals surface area contributed by atoms with Crippen molar-refractivity contribution in [1.82, 2.24) is 4.81 Å². The topological polar surface area (TPSA) is 12.5 Å². The van der Waals surface area contributed by atoms with Crippen LogP contribution < -0.4 is 0 Å². The Balaban J connectivity index is 2.18. The van der Waals surface area contributed by atoms with Gasteiger partial charge in [-0.1, -0.05) is 61.7 Å². The van der Waals surface area contributed by atoms with Crippen LogP contribution >= 0.6 is 0 Å². The standard InChI is InChI=1S/C18H22BNO/c1-4-10-15(5-2)18(16-11-7-6-8-12-16)17-13-9-14-20(17)19(3)21-18/h4-8,10-12,17H,1-2,9,13-14H2,3H3/b15-10+/t17-,18?/m1/s1. The molecule has 0 radical (unpaired) electrons. The second-order valence-corrected chi connectivity index (χ2v) is 5.78. The molecule has 0 aromatic heterocycles. The second kappa shape index (κ2) is 5.66. The van der Waals surface area contributed by atoms with Gasteiger partial charge in [0.1, 0.15) is 5.60 Å². The van der Waals surface area contributed by atoms with Gasteiger partial charge in [-0.25, -0.2) is 0 Å². The number of fused-ring (bicyclic) bond motifs is 1. The van der Waals surface area contributed by atoms with Crippen LogP contribution in [0, 0.1) is 0 Å². The largest absolute Gasteiger partial charge is 0.406 e. The third kappa shape index (κ3) is 2.12. The van der Waals surface area contributed by atoms with Crippen molar-refractivity contribution in [2.75, 3.05) is 6.54 Å². The maximum Gasteiger partial charge on any atom is 0.380 e. The van der Waals surface area contributed by atoms with Crippen LogP contribution in [0.25, 0.3) is 0 Å². The third-order valence-electron chi connectivity index (χ3n) is 4.74. The first-order valence-electron chi connectivity index (χ1n) is 7.68. The molecule has 1 aromatic carbocycles. The number of hydrogen-bond donors (Lipinski definition) is 0. The fourth-order valence-corrected chi connectivity index (χ4v) is 3.92. The second-order valence-electron chi connectivity index (χ2n) is 5.78. The molecule has 21 heavy (non-hydrogen) atoms. The van der Waals surface area contributed by atoms with Crippen LogP contribution in [0.2, 0.25) is 6.82 Å². The lowest BCUT2D eigenvalue weighted by Crippen LogP contribution is -2.41. The van der Waals surface area contributed by atoms with Crippen molar-refractivity contribution in [1.29, 1.82) is 0 Å². The molecule has 0 bridgehead atoms. The third-order valence-corrected chi connectivity index (χ3v) is 4.74. The summed E-state index contributed by atoms with van der Waals surface area (Å²) in [6, 6.07) is 10.9. The summed E-state index contributed by atoms with van der Waals surface area (Å²) < 4.78 is 6.55. The Morgan fingerprint density at radius 3 is 2.81 bits per heavy atom. The van der Waals surface area contributed by atoms with Gasteiger partial charge in [0.15, 0.2) is 0 Å². The number of allylic oxidation sites excluding steroid dienone is 2. The van der Waals surface area contributed by atoms with E-state index in [0.717, 1.165) is 18.5 Å². The molecule has 108 valence electrons. The SMILES string of the molecule is C=C/C=C(\C=C)C1(c2ccccc2)OB(C)N2CCC[C@@H]21. The first-order valence-corrected chi connectivity index (χ1v) is 7.68. The van der Waals surface area contributed by atoms with Gasteiger partial charge >= 0.3 is 7.05 Å². The van der Waals surface area contributed by atoms with E-state index in [1.807, 2.05) is 24.3 Å². The van der Waals surface area contributed by atoms with Gasteiger partial charge in [0.05, 0.1) is 0 Å². The Morgan fingerprint density at radius 2 is 2.14 bits per heavy atom. The summed E-state index contributed by atoms with van der Waals surface area (Å²) in [7, 11) is 0.130. The van der Waals surface area contributed by atoms with Crippen LogP contribution in [0.4, 0.5) is 0 Å². The number of benzene rings is 1. The van der Waals surface area contributed by atoms with E-state index in [-0.39, 0.29) is 7.05 Å². The molecule has 2 nitrogen and oxygen atoms in total. The molecule has 2 saturated heterocycles. The number of nitrogens with zero attached hydrogens (tertiary/aromatic N) is 1. The molecule has 0 aliphatic carbocycles. The lowest BCUT2D eigenvalue weighted by Gasteiger charge is -2.37. The van der Waals surface area contributed by atoms with Gasteiger partial charge in [0.2, 0.25) is 0 Å².